The van der Waals surface area contributed by atoms with Gasteiger partial charge in [0.15, 0.2) is 0 Å². The maximum absolute atomic E-state index is 12.0. The molecule has 1 rings (SSSR count). The van der Waals surface area contributed by atoms with Crippen molar-refractivity contribution < 1.29 is 9.53 Å². The van der Waals surface area contributed by atoms with Gasteiger partial charge in [0, 0.05) is 11.6 Å². The van der Waals surface area contributed by atoms with Crippen molar-refractivity contribution in [2.75, 3.05) is 19.7 Å². The van der Waals surface area contributed by atoms with Gasteiger partial charge in [0.05, 0.1) is 6.61 Å². The van der Waals surface area contributed by atoms with E-state index in [1.807, 2.05) is 11.8 Å². The molecule has 4 heteroatoms. The topological polar surface area (TPSA) is 41.6 Å². The predicted octanol–water partition coefficient (Wildman–Crippen LogP) is 2.00. The van der Waals surface area contributed by atoms with Crippen molar-refractivity contribution in [2.24, 2.45) is 0 Å². The smallest absolute Gasteiger partial charge is 0.410 e. The molecule has 1 aliphatic heterocycles. The highest BCUT2D eigenvalue weighted by atomic mass is 16.6. The zero-order valence-corrected chi connectivity index (χ0v) is 10.9. The summed E-state index contributed by atoms with van der Waals surface area (Å²) in [6.07, 6.45) is 1.84. The summed E-state index contributed by atoms with van der Waals surface area (Å²) in [5.74, 6) is 0. The third kappa shape index (κ3) is 3.37. The van der Waals surface area contributed by atoms with E-state index in [0.717, 1.165) is 25.9 Å². The van der Waals surface area contributed by atoms with Gasteiger partial charge in [0.1, 0.15) is 0 Å². The summed E-state index contributed by atoms with van der Waals surface area (Å²) in [6.45, 7) is 10.4. The van der Waals surface area contributed by atoms with Crippen LogP contribution in [0.25, 0.3) is 0 Å². The SMILES string of the molecule is CCOC(=O)N(C1CCNCC1)C(C)(C)C. The number of carbonyl (C=O) groups excluding carboxylic acids is 1. The van der Waals surface area contributed by atoms with Crippen LogP contribution in [-0.4, -0.2) is 42.3 Å². The zero-order valence-electron chi connectivity index (χ0n) is 10.9. The Labute approximate surface area is 98.3 Å². The van der Waals surface area contributed by atoms with Gasteiger partial charge in [-0.3, -0.25) is 0 Å². The Morgan fingerprint density at radius 3 is 2.38 bits per heavy atom. The van der Waals surface area contributed by atoms with Crippen LogP contribution in [0.2, 0.25) is 0 Å². The first kappa shape index (κ1) is 13.3. The van der Waals surface area contributed by atoms with Gasteiger partial charge in [-0.1, -0.05) is 0 Å². The lowest BCUT2D eigenvalue weighted by Gasteiger charge is -2.42. The van der Waals surface area contributed by atoms with Gasteiger partial charge in [0.2, 0.25) is 0 Å². The van der Waals surface area contributed by atoms with Crippen molar-refractivity contribution >= 4 is 6.09 Å². The minimum Gasteiger partial charge on any atom is -0.450 e. The van der Waals surface area contributed by atoms with Crippen LogP contribution in [0.1, 0.15) is 40.5 Å². The van der Waals surface area contributed by atoms with E-state index < -0.39 is 0 Å². The van der Waals surface area contributed by atoms with E-state index in [9.17, 15) is 4.79 Å². The summed E-state index contributed by atoms with van der Waals surface area (Å²) in [4.78, 5) is 13.9. The van der Waals surface area contributed by atoms with Gasteiger partial charge in [-0.05, 0) is 53.6 Å². The zero-order chi connectivity index (χ0) is 12.2. The molecule has 0 aromatic rings. The van der Waals surface area contributed by atoms with Crippen molar-refractivity contribution in [1.29, 1.82) is 0 Å². The van der Waals surface area contributed by atoms with E-state index in [1.165, 1.54) is 0 Å². The largest absolute Gasteiger partial charge is 0.450 e. The van der Waals surface area contributed by atoms with Crippen LogP contribution in [0, 0.1) is 0 Å². The maximum atomic E-state index is 12.0. The van der Waals surface area contributed by atoms with Gasteiger partial charge >= 0.3 is 6.09 Å². The molecule has 0 spiro atoms. The van der Waals surface area contributed by atoms with Crippen LogP contribution in [-0.2, 0) is 4.74 Å². The van der Waals surface area contributed by atoms with Crippen LogP contribution in [0.15, 0.2) is 0 Å². The Morgan fingerprint density at radius 1 is 1.38 bits per heavy atom. The maximum Gasteiger partial charge on any atom is 0.410 e. The summed E-state index contributed by atoms with van der Waals surface area (Å²) in [5, 5.41) is 3.31. The lowest BCUT2D eigenvalue weighted by Crippen LogP contribution is -2.54. The Bertz CT molecular complexity index is 230. The van der Waals surface area contributed by atoms with Gasteiger partial charge in [-0.15, -0.1) is 0 Å². The van der Waals surface area contributed by atoms with E-state index in [-0.39, 0.29) is 11.6 Å². The number of hydrogen-bond acceptors (Lipinski definition) is 3. The molecular formula is C12H24N2O2. The van der Waals surface area contributed by atoms with E-state index in [0.29, 0.717) is 12.6 Å². The lowest BCUT2D eigenvalue weighted by molar-refractivity contribution is 0.0382. The molecular weight excluding hydrogens is 204 g/mol. The summed E-state index contributed by atoms with van der Waals surface area (Å²) >= 11 is 0. The number of hydrogen-bond donors (Lipinski definition) is 1. The molecule has 1 saturated heterocycles. The molecule has 16 heavy (non-hydrogen) atoms. The summed E-state index contributed by atoms with van der Waals surface area (Å²) < 4.78 is 5.15. The van der Waals surface area contributed by atoms with E-state index in [1.54, 1.807) is 0 Å². The fourth-order valence-corrected chi connectivity index (χ4v) is 2.23. The number of carbonyl (C=O) groups is 1. The first-order valence-corrected chi connectivity index (χ1v) is 6.13. The van der Waals surface area contributed by atoms with Crippen molar-refractivity contribution in [3.05, 3.63) is 0 Å². The minimum atomic E-state index is -0.179. The molecule has 0 saturated carbocycles. The van der Waals surface area contributed by atoms with Crippen molar-refractivity contribution in [1.82, 2.24) is 10.2 Å². The van der Waals surface area contributed by atoms with E-state index >= 15 is 0 Å². The predicted molar refractivity (Wildman–Crippen MR) is 64.5 cm³/mol. The van der Waals surface area contributed by atoms with E-state index in [4.69, 9.17) is 4.74 Å². The average molecular weight is 228 g/mol. The van der Waals surface area contributed by atoms with Crippen LogP contribution in [0.3, 0.4) is 0 Å². The molecule has 0 unspecified atom stereocenters. The standard InChI is InChI=1S/C12H24N2O2/c1-5-16-11(15)14(12(2,3)4)10-6-8-13-9-7-10/h10,13H,5-9H2,1-4H3. The Morgan fingerprint density at radius 2 is 1.94 bits per heavy atom. The van der Waals surface area contributed by atoms with Crippen LogP contribution >= 0.6 is 0 Å². The lowest BCUT2D eigenvalue weighted by atomic mass is 9.98. The highest BCUT2D eigenvalue weighted by molar-refractivity contribution is 5.69. The van der Waals surface area contributed by atoms with Gasteiger partial charge in [-0.25, -0.2) is 4.79 Å². The second kappa shape index (κ2) is 5.53. The molecule has 94 valence electrons. The Hall–Kier alpha value is -0.770. The minimum absolute atomic E-state index is 0.172. The first-order chi connectivity index (χ1) is 7.46. The number of nitrogens with one attached hydrogen (secondary N) is 1. The molecule has 1 amide bonds. The summed E-state index contributed by atoms with van der Waals surface area (Å²) in [7, 11) is 0. The van der Waals surface area contributed by atoms with Gasteiger partial charge < -0.3 is 15.0 Å². The van der Waals surface area contributed by atoms with Crippen molar-refractivity contribution in [3.8, 4) is 0 Å². The van der Waals surface area contributed by atoms with Crippen LogP contribution in [0.4, 0.5) is 4.79 Å². The number of piperidine rings is 1. The molecule has 4 nitrogen and oxygen atoms in total. The molecule has 0 aromatic carbocycles. The second-order valence-corrected chi connectivity index (χ2v) is 5.22. The van der Waals surface area contributed by atoms with Gasteiger partial charge in [0.25, 0.3) is 0 Å². The normalized spacial score (nSPS) is 18.2. The van der Waals surface area contributed by atoms with Crippen LogP contribution in [0.5, 0.6) is 0 Å². The molecule has 0 aromatic heterocycles. The fraction of sp³-hybridized carbons (Fsp3) is 0.917. The quantitative estimate of drug-likeness (QED) is 0.786. The third-order valence-electron chi connectivity index (χ3n) is 2.86. The van der Waals surface area contributed by atoms with Crippen molar-refractivity contribution in [2.45, 2.75) is 52.1 Å². The van der Waals surface area contributed by atoms with E-state index in [2.05, 4.69) is 26.1 Å². The first-order valence-electron chi connectivity index (χ1n) is 6.13. The molecule has 1 N–H and O–H groups in total. The van der Waals surface area contributed by atoms with Crippen molar-refractivity contribution in [3.63, 3.8) is 0 Å². The third-order valence-corrected chi connectivity index (χ3v) is 2.86. The van der Waals surface area contributed by atoms with Crippen LogP contribution < -0.4 is 5.32 Å². The summed E-state index contributed by atoms with van der Waals surface area (Å²) in [6, 6.07) is 0.306. The van der Waals surface area contributed by atoms with Gasteiger partial charge in [-0.2, -0.15) is 0 Å². The molecule has 0 bridgehead atoms. The number of rotatable bonds is 2. The number of nitrogens with zero attached hydrogens (tertiary/aromatic N) is 1. The Balaban J connectivity index is 2.73. The Kier molecular flexibility index (Phi) is 4.59. The second-order valence-electron chi connectivity index (χ2n) is 5.22. The monoisotopic (exact) mass is 228 g/mol. The molecule has 1 heterocycles. The number of ether oxygens (including phenoxy) is 1. The highest BCUT2D eigenvalue weighted by Crippen LogP contribution is 2.23. The molecule has 1 fully saturated rings. The molecule has 0 atom stereocenters. The summed E-state index contributed by atoms with van der Waals surface area (Å²) in [5.41, 5.74) is -0.172. The number of amides is 1. The average Bonchev–Trinajstić information content (AvgIpc) is 2.17. The fourth-order valence-electron chi connectivity index (χ4n) is 2.23. The molecule has 1 aliphatic rings. The highest BCUT2D eigenvalue weighted by Gasteiger charge is 2.34. The molecule has 0 aliphatic carbocycles. The molecule has 0 radical (unpaired) electrons.